The van der Waals surface area contributed by atoms with Crippen LogP contribution >= 0.6 is 0 Å². The molecule has 8 heteroatoms. The molecule has 0 saturated heterocycles. The highest BCUT2D eigenvalue weighted by Crippen LogP contribution is 2.31. The van der Waals surface area contributed by atoms with E-state index in [9.17, 15) is 18.0 Å². The first-order chi connectivity index (χ1) is 20.2. The van der Waals surface area contributed by atoms with Crippen LogP contribution in [0.25, 0.3) is 11.8 Å². The molecule has 3 aromatic carbocycles. The summed E-state index contributed by atoms with van der Waals surface area (Å²) in [5.74, 6) is 0.561. The third-order valence-corrected chi connectivity index (χ3v) is 9.33. The third-order valence-electron chi connectivity index (χ3n) is 7.98. The van der Waals surface area contributed by atoms with E-state index >= 15 is 0 Å². The predicted molar refractivity (Wildman–Crippen MR) is 166 cm³/mol. The Hall–Kier alpha value is -4.17. The van der Waals surface area contributed by atoms with Crippen molar-refractivity contribution < 1.29 is 18.0 Å². The predicted octanol–water partition coefficient (Wildman–Crippen LogP) is 6.07. The van der Waals surface area contributed by atoms with E-state index in [0.29, 0.717) is 24.5 Å². The molecule has 1 heterocycles. The number of hydrogen-bond acceptors (Lipinski definition) is 4. The molecule has 0 unspecified atom stereocenters. The number of carbonyl (C=O) groups is 2. The highest BCUT2D eigenvalue weighted by Gasteiger charge is 2.29. The van der Waals surface area contributed by atoms with Crippen LogP contribution in [0.4, 0.5) is 4.79 Å². The molecule has 0 spiro atoms. The number of rotatable bonds is 8. The van der Waals surface area contributed by atoms with Gasteiger partial charge < -0.3 is 10.2 Å². The Kier molecular flexibility index (Phi) is 8.92. The van der Waals surface area contributed by atoms with Crippen LogP contribution in [0.3, 0.4) is 0 Å². The fourth-order valence-electron chi connectivity index (χ4n) is 5.45. The average Bonchev–Trinajstić information content (AvgIpc) is 3.28. The monoisotopic (exact) mass is 583 g/mol. The molecule has 3 amide bonds. The van der Waals surface area contributed by atoms with Crippen molar-refractivity contribution in [3.05, 3.63) is 113 Å². The Morgan fingerprint density at radius 2 is 1.60 bits per heavy atom. The standard InChI is InChI=1S/C34H37N3O4S/c1-24-8-14-28(15-9-24)32-23-29(22-27-6-4-3-5-7-27)33(38)37(32)21-20-26-12-18-31(19-13-26)42(40,41)36-34(39)35-30-16-10-25(2)11-17-30/h3-9,12-15,18-19,22-23,25,30H,10-11,16-17,20-21H2,1-2H3,(H2,35,36,39)/b29-22+. The second kappa shape index (κ2) is 12.8. The maximum Gasteiger partial charge on any atom is 0.328 e. The number of hydrogen-bond donors (Lipinski definition) is 2. The lowest BCUT2D eigenvalue weighted by Crippen LogP contribution is -2.45. The summed E-state index contributed by atoms with van der Waals surface area (Å²) in [7, 11) is -4.01. The number of carbonyl (C=O) groups excluding carboxylic acids is 2. The minimum atomic E-state index is -4.01. The second-order valence-electron chi connectivity index (χ2n) is 11.3. The Morgan fingerprint density at radius 3 is 2.26 bits per heavy atom. The van der Waals surface area contributed by atoms with Gasteiger partial charge in [-0.15, -0.1) is 0 Å². The number of sulfonamides is 1. The topological polar surface area (TPSA) is 95.6 Å². The number of amides is 3. The summed E-state index contributed by atoms with van der Waals surface area (Å²) in [5.41, 5.74) is 5.38. The smallest absolute Gasteiger partial charge is 0.328 e. The van der Waals surface area contributed by atoms with Gasteiger partial charge in [0.15, 0.2) is 0 Å². The Bertz CT molecular complexity index is 1590. The van der Waals surface area contributed by atoms with Crippen molar-refractivity contribution in [2.45, 2.75) is 56.9 Å². The number of aryl methyl sites for hydroxylation is 1. The van der Waals surface area contributed by atoms with Crippen LogP contribution in [0, 0.1) is 12.8 Å². The average molecular weight is 584 g/mol. The van der Waals surface area contributed by atoms with Gasteiger partial charge in [-0.2, -0.15) is 0 Å². The number of nitrogens with one attached hydrogen (secondary N) is 2. The SMILES string of the molecule is Cc1ccc(C2=C/C(=C\c3ccccc3)C(=O)N2CCc2ccc(S(=O)(=O)NC(=O)NC3CCC(C)CC3)cc2)cc1. The highest BCUT2D eigenvalue weighted by molar-refractivity contribution is 7.90. The lowest BCUT2D eigenvalue weighted by molar-refractivity contribution is -0.122. The van der Waals surface area contributed by atoms with Crippen LogP contribution in [0.1, 0.15) is 54.9 Å². The normalized spacial score (nSPS) is 20.0. The molecule has 1 saturated carbocycles. The Morgan fingerprint density at radius 1 is 0.929 bits per heavy atom. The molecule has 0 bridgehead atoms. The highest BCUT2D eigenvalue weighted by atomic mass is 32.2. The molecular formula is C34H37N3O4S. The first-order valence-corrected chi connectivity index (χ1v) is 16.0. The van der Waals surface area contributed by atoms with E-state index in [1.807, 2.05) is 73.7 Å². The van der Waals surface area contributed by atoms with Gasteiger partial charge in [-0.25, -0.2) is 17.9 Å². The van der Waals surface area contributed by atoms with Gasteiger partial charge in [0.1, 0.15) is 0 Å². The molecule has 0 aromatic heterocycles. The quantitative estimate of drug-likeness (QED) is 0.315. The van der Waals surface area contributed by atoms with Crippen molar-refractivity contribution in [3.8, 4) is 0 Å². The summed E-state index contributed by atoms with van der Waals surface area (Å²) in [6.45, 7) is 4.64. The Labute approximate surface area is 248 Å². The first kappa shape index (κ1) is 29.3. The molecule has 2 N–H and O–H groups in total. The molecule has 7 nitrogen and oxygen atoms in total. The molecule has 1 fully saturated rings. The molecule has 1 aliphatic carbocycles. The van der Waals surface area contributed by atoms with E-state index in [4.69, 9.17) is 0 Å². The van der Waals surface area contributed by atoms with Gasteiger partial charge >= 0.3 is 6.03 Å². The van der Waals surface area contributed by atoms with Crippen LogP contribution in [-0.4, -0.2) is 37.8 Å². The maximum atomic E-state index is 13.5. The van der Waals surface area contributed by atoms with Crippen LogP contribution < -0.4 is 10.0 Å². The van der Waals surface area contributed by atoms with Crippen LogP contribution in [-0.2, 0) is 21.2 Å². The summed E-state index contributed by atoms with van der Waals surface area (Å²) in [5, 5.41) is 2.80. The minimum absolute atomic E-state index is 0.00558. The lowest BCUT2D eigenvalue weighted by Gasteiger charge is -2.26. The number of urea groups is 1. The fraction of sp³-hybridized carbons (Fsp3) is 0.294. The molecule has 0 atom stereocenters. The zero-order valence-electron chi connectivity index (χ0n) is 24.0. The van der Waals surface area contributed by atoms with Crippen molar-refractivity contribution in [2.75, 3.05) is 6.54 Å². The van der Waals surface area contributed by atoms with E-state index in [0.717, 1.165) is 53.6 Å². The van der Waals surface area contributed by atoms with E-state index in [1.165, 1.54) is 12.1 Å². The number of nitrogens with zero attached hydrogens (tertiary/aromatic N) is 1. The van der Waals surface area contributed by atoms with Crippen molar-refractivity contribution in [1.82, 2.24) is 14.9 Å². The van der Waals surface area contributed by atoms with Gasteiger partial charge in [0.05, 0.1) is 10.6 Å². The summed E-state index contributed by atoms with van der Waals surface area (Å²) in [6.07, 6.45) is 8.11. The summed E-state index contributed by atoms with van der Waals surface area (Å²) in [6, 6.07) is 23.6. The largest absolute Gasteiger partial charge is 0.335 e. The molecular weight excluding hydrogens is 546 g/mol. The van der Waals surface area contributed by atoms with E-state index < -0.39 is 16.1 Å². The van der Waals surface area contributed by atoms with Crippen LogP contribution in [0.5, 0.6) is 0 Å². The maximum absolute atomic E-state index is 13.5. The van der Waals surface area contributed by atoms with Gasteiger partial charge in [0.25, 0.3) is 15.9 Å². The molecule has 3 aromatic rings. The summed E-state index contributed by atoms with van der Waals surface area (Å²) in [4.78, 5) is 27.7. The molecule has 2 aliphatic rings. The van der Waals surface area contributed by atoms with Crippen molar-refractivity contribution in [1.29, 1.82) is 0 Å². The van der Waals surface area contributed by atoms with E-state index in [1.54, 1.807) is 17.0 Å². The molecule has 1 aliphatic heterocycles. The zero-order valence-corrected chi connectivity index (χ0v) is 24.9. The van der Waals surface area contributed by atoms with E-state index in [2.05, 4.69) is 17.0 Å². The van der Waals surface area contributed by atoms with Crippen molar-refractivity contribution >= 4 is 33.7 Å². The molecule has 5 rings (SSSR count). The lowest BCUT2D eigenvalue weighted by atomic mass is 9.87. The van der Waals surface area contributed by atoms with Gasteiger partial charge in [0.2, 0.25) is 0 Å². The van der Waals surface area contributed by atoms with Crippen molar-refractivity contribution in [2.24, 2.45) is 5.92 Å². The minimum Gasteiger partial charge on any atom is -0.335 e. The fourth-order valence-corrected chi connectivity index (χ4v) is 6.36. The van der Waals surface area contributed by atoms with Crippen molar-refractivity contribution in [3.63, 3.8) is 0 Å². The molecule has 0 radical (unpaired) electrons. The molecule has 42 heavy (non-hydrogen) atoms. The second-order valence-corrected chi connectivity index (χ2v) is 13.0. The van der Waals surface area contributed by atoms with Gasteiger partial charge in [-0.1, -0.05) is 79.2 Å². The molecule has 218 valence electrons. The summed E-state index contributed by atoms with van der Waals surface area (Å²) >= 11 is 0. The summed E-state index contributed by atoms with van der Waals surface area (Å²) < 4.78 is 27.8. The third kappa shape index (κ3) is 7.18. The first-order valence-electron chi connectivity index (χ1n) is 14.5. The van der Waals surface area contributed by atoms with E-state index in [-0.39, 0.29) is 16.8 Å². The van der Waals surface area contributed by atoms with Gasteiger partial charge in [-0.05, 0) is 85.9 Å². The zero-order chi connectivity index (χ0) is 29.7. The Balaban J connectivity index is 1.25. The van der Waals surface area contributed by atoms with Gasteiger partial charge in [0, 0.05) is 18.2 Å². The van der Waals surface area contributed by atoms with Crippen LogP contribution in [0.2, 0.25) is 0 Å². The number of benzene rings is 3. The van der Waals surface area contributed by atoms with Crippen LogP contribution in [0.15, 0.2) is 95.4 Å². The van der Waals surface area contributed by atoms with Gasteiger partial charge in [-0.3, -0.25) is 4.79 Å².